The fraction of sp³-hybridized carbons (Fsp3) is 0.300. The van der Waals surface area contributed by atoms with Crippen LogP contribution in [0, 0.1) is 11.3 Å². The van der Waals surface area contributed by atoms with Gasteiger partial charge in [-0.2, -0.15) is 5.26 Å². The van der Waals surface area contributed by atoms with Gasteiger partial charge in [0.05, 0.1) is 19.8 Å². The first-order valence-corrected chi connectivity index (χ1v) is 11.6. The molecule has 162 valence electrons. The smallest absolute Gasteiger partial charge is 0.350 e. The van der Waals surface area contributed by atoms with E-state index in [9.17, 15) is 9.83 Å². The number of benzene rings is 1. The van der Waals surface area contributed by atoms with E-state index >= 15 is 0 Å². The van der Waals surface area contributed by atoms with Gasteiger partial charge in [-0.1, -0.05) is 53.2 Å². The van der Waals surface area contributed by atoms with Gasteiger partial charge in [0.1, 0.15) is 11.2 Å². The number of hydrogen-bond donors (Lipinski definition) is 1. The van der Waals surface area contributed by atoms with Crippen LogP contribution in [0.1, 0.15) is 36.5 Å². The molecule has 1 unspecified atom stereocenters. The van der Waals surface area contributed by atoms with Gasteiger partial charge in [0.25, 0.3) is 0 Å². The highest BCUT2D eigenvalue weighted by atomic mass is 35.5. The molecule has 0 spiro atoms. The van der Waals surface area contributed by atoms with E-state index in [0.717, 1.165) is 5.56 Å². The molecule has 0 aliphatic rings. The fourth-order valence-corrected chi connectivity index (χ4v) is 4.99. The lowest BCUT2D eigenvalue weighted by atomic mass is 10.2. The normalized spacial score (nSPS) is 12.3. The Morgan fingerprint density at radius 3 is 2.48 bits per heavy atom. The molecule has 1 atom stereocenters. The van der Waals surface area contributed by atoms with Crippen LogP contribution in [0.4, 0.5) is 5.82 Å². The summed E-state index contributed by atoms with van der Waals surface area (Å²) in [5.74, 6) is -0.577. The van der Waals surface area contributed by atoms with Crippen LogP contribution >= 0.6 is 19.2 Å². The summed E-state index contributed by atoms with van der Waals surface area (Å²) in [6.07, 6.45) is 1.61. The molecule has 1 aromatic carbocycles. The zero-order valence-electron chi connectivity index (χ0n) is 17.1. The average Bonchev–Trinajstić information content (AvgIpc) is 3.15. The minimum Gasteiger partial charge on any atom is -0.350 e. The van der Waals surface area contributed by atoms with Crippen molar-refractivity contribution in [2.75, 3.05) is 18.5 Å². The van der Waals surface area contributed by atoms with E-state index in [2.05, 4.69) is 20.6 Å². The molecule has 9 nitrogen and oxygen atoms in total. The van der Waals surface area contributed by atoms with E-state index in [1.807, 2.05) is 36.4 Å². The van der Waals surface area contributed by atoms with Crippen molar-refractivity contribution < 1.29 is 13.6 Å². The van der Waals surface area contributed by atoms with Gasteiger partial charge in [-0.25, -0.2) is 9.67 Å². The number of nitrogens with one attached hydrogen (secondary N) is 1. The molecule has 0 saturated carbocycles. The maximum atomic E-state index is 13.7. The summed E-state index contributed by atoms with van der Waals surface area (Å²) in [6.45, 7) is 4.15. The highest BCUT2D eigenvalue weighted by molar-refractivity contribution is 7.54. The van der Waals surface area contributed by atoms with E-state index in [1.54, 1.807) is 32.2 Å². The summed E-state index contributed by atoms with van der Waals surface area (Å²) in [5.41, 5.74) is 1.54. The molecule has 0 saturated heterocycles. The Hall–Kier alpha value is -2.76. The molecule has 11 heteroatoms. The topological polar surface area (TPSA) is 115 Å². The van der Waals surface area contributed by atoms with Gasteiger partial charge in [-0.05, 0) is 31.0 Å². The van der Waals surface area contributed by atoms with Crippen molar-refractivity contribution in [2.45, 2.75) is 26.2 Å². The third-order valence-electron chi connectivity index (χ3n) is 4.29. The van der Waals surface area contributed by atoms with Gasteiger partial charge >= 0.3 is 7.60 Å². The third kappa shape index (κ3) is 5.49. The van der Waals surface area contributed by atoms with Crippen LogP contribution in [0.15, 0.2) is 48.7 Å². The van der Waals surface area contributed by atoms with Gasteiger partial charge in [-0.3, -0.25) is 4.57 Å². The summed E-state index contributed by atoms with van der Waals surface area (Å²) in [6, 6.07) is 14.6. The largest absolute Gasteiger partial charge is 0.357 e. The van der Waals surface area contributed by atoms with Crippen molar-refractivity contribution in [3.05, 3.63) is 70.6 Å². The van der Waals surface area contributed by atoms with E-state index in [0.29, 0.717) is 16.5 Å². The van der Waals surface area contributed by atoms with Crippen LogP contribution < -0.4 is 5.32 Å². The minimum absolute atomic E-state index is 0.0578. The number of hydrogen-bond acceptors (Lipinski definition) is 8. The Labute approximate surface area is 185 Å². The van der Waals surface area contributed by atoms with Gasteiger partial charge < -0.3 is 14.4 Å². The van der Waals surface area contributed by atoms with Gasteiger partial charge in [0, 0.05) is 6.20 Å². The molecule has 0 fully saturated rings. The number of nitriles is 1. The van der Waals surface area contributed by atoms with E-state index < -0.39 is 13.4 Å². The number of anilines is 1. The molecular formula is C20H22ClN6O3P. The number of rotatable bonds is 10. The first-order chi connectivity index (χ1) is 15.0. The highest BCUT2D eigenvalue weighted by Gasteiger charge is 2.38. The van der Waals surface area contributed by atoms with E-state index in [-0.39, 0.29) is 25.5 Å². The molecule has 3 rings (SSSR count). The highest BCUT2D eigenvalue weighted by Crippen LogP contribution is 2.60. The Balaban J connectivity index is 2.03. The first-order valence-electron chi connectivity index (χ1n) is 9.65. The predicted molar refractivity (Wildman–Crippen MR) is 117 cm³/mol. The van der Waals surface area contributed by atoms with Crippen molar-refractivity contribution in [1.29, 1.82) is 5.26 Å². The molecule has 0 aliphatic heterocycles. The quantitative estimate of drug-likeness (QED) is 0.344. The van der Waals surface area contributed by atoms with E-state index in [4.69, 9.17) is 20.6 Å². The van der Waals surface area contributed by atoms with E-state index in [1.165, 1.54) is 4.68 Å². The molecule has 2 aromatic heterocycles. The minimum atomic E-state index is -3.65. The second-order valence-corrected chi connectivity index (χ2v) is 8.88. The van der Waals surface area contributed by atoms with Crippen LogP contribution in [0.2, 0.25) is 5.15 Å². The average molecular weight is 461 g/mol. The first kappa shape index (κ1) is 22.9. The number of pyridine rings is 1. The van der Waals surface area contributed by atoms with Crippen LogP contribution in [0.25, 0.3) is 0 Å². The third-order valence-corrected chi connectivity index (χ3v) is 6.80. The molecule has 1 N–H and O–H groups in total. The molecular weight excluding hydrogens is 439 g/mol. The monoisotopic (exact) mass is 460 g/mol. The van der Waals surface area contributed by atoms with Crippen molar-refractivity contribution in [3.8, 4) is 6.07 Å². The van der Waals surface area contributed by atoms with Gasteiger partial charge in [0.2, 0.25) is 5.69 Å². The summed E-state index contributed by atoms with van der Waals surface area (Å²) in [4.78, 5) is 4.06. The predicted octanol–water partition coefficient (Wildman–Crippen LogP) is 4.62. The lowest BCUT2D eigenvalue weighted by Gasteiger charge is -2.28. The molecule has 2 heterocycles. The lowest BCUT2D eigenvalue weighted by Crippen LogP contribution is -2.18. The van der Waals surface area contributed by atoms with Crippen molar-refractivity contribution in [1.82, 2.24) is 20.0 Å². The van der Waals surface area contributed by atoms with Crippen LogP contribution in [-0.2, 0) is 20.2 Å². The molecule has 0 aliphatic carbocycles. The second-order valence-electron chi connectivity index (χ2n) is 6.38. The van der Waals surface area contributed by atoms with Crippen LogP contribution in [0.3, 0.4) is 0 Å². The maximum absolute atomic E-state index is 13.7. The number of nitrogens with zero attached hydrogens (tertiary/aromatic N) is 5. The molecule has 0 radical (unpaired) electrons. The Morgan fingerprint density at radius 2 is 1.90 bits per heavy atom. The molecule has 0 amide bonds. The SMILES string of the molecule is CCOP(=O)(OCC)C(Nc1c(C#N)nnn1Cc1ccc(Cl)nc1)c1ccccc1. The Morgan fingerprint density at radius 1 is 1.19 bits per heavy atom. The fourth-order valence-electron chi connectivity index (χ4n) is 2.97. The summed E-state index contributed by atoms with van der Waals surface area (Å²) >= 11 is 5.86. The summed E-state index contributed by atoms with van der Waals surface area (Å²) in [5, 5.41) is 21.1. The molecule has 0 bridgehead atoms. The van der Waals surface area contributed by atoms with Crippen LogP contribution in [0.5, 0.6) is 0 Å². The van der Waals surface area contributed by atoms with Crippen molar-refractivity contribution in [2.24, 2.45) is 0 Å². The molecule has 3 aromatic rings. The zero-order chi connectivity index (χ0) is 22.3. The van der Waals surface area contributed by atoms with Gasteiger partial charge in [-0.15, -0.1) is 5.10 Å². The molecule has 31 heavy (non-hydrogen) atoms. The lowest BCUT2D eigenvalue weighted by molar-refractivity contribution is 0.214. The Kier molecular flexibility index (Phi) is 7.77. The number of halogens is 1. The summed E-state index contributed by atoms with van der Waals surface area (Å²) < 4.78 is 26.4. The van der Waals surface area contributed by atoms with Crippen molar-refractivity contribution in [3.63, 3.8) is 0 Å². The van der Waals surface area contributed by atoms with Crippen LogP contribution in [-0.4, -0.2) is 33.2 Å². The van der Waals surface area contributed by atoms with Gasteiger partial charge in [0.15, 0.2) is 11.6 Å². The zero-order valence-corrected chi connectivity index (χ0v) is 18.8. The standard InChI is InChI=1S/C20H22ClN6O3P/c1-3-29-31(28,30-4-2)20(16-8-6-5-7-9-16)24-19-17(12-22)25-26-27(19)14-15-10-11-18(21)23-13-15/h5-11,13,20,24H,3-4,14H2,1-2H3. The maximum Gasteiger partial charge on any atom is 0.357 e. The number of aromatic nitrogens is 4. The van der Waals surface area contributed by atoms with Crippen molar-refractivity contribution >= 4 is 25.0 Å². The summed E-state index contributed by atoms with van der Waals surface area (Å²) in [7, 11) is -3.65. The second kappa shape index (κ2) is 10.5. The Bertz CT molecular complexity index is 1070.